The molecule has 9 heteroatoms. The Morgan fingerprint density at radius 3 is 2.83 bits per heavy atom. The van der Waals surface area contributed by atoms with Crippen LogP contribution in [0.1, 0.15) is 25.5 Å². The Morgan fingerprint density at radius 1 is 1.26 bits per heavy atom. The molecular formula is C14H12BrN7S. The van der Waals surface area contributed by atoms with Crippen LogP contribution in [0.15, 0.2) is 28.9 Å². The molecule has 0 aromatic carbocycles. The van der Waals surface area contributed by atoms with E-state index in [9.17, 15) is 0 Å². The van der Waals surface area contributed by atoms with Gasteiger partial charge in [0.25, 0.3) is 0 Å². The highest BCUT2D eigenvalue weighted by Gasteiger charge is 2.20. The lowest BCUT2D eigenvalue weighted by Crippen LogP contribution is -1.93. The summed E-state index contributed by atoms with van der Waals surface area (Å²) in [4.78, 5) is 5.02. The Hall–Kier alpha value is -2.13. The monoisotopic (exact) mass is 389 g/mol. The van der Waals surface area contributed by atoms with Crippen LogP contribution in [0.25, 0.3) is 27.2 Å². The molecule has 7 nitrogen and oxygen atoms in total. The van der Waals surface area contributed by atoms with Gasteiger partial charge >= 0.3 is 0 Å². The van der Waals surface area contributed by atoms with Crippen LogP contribution in [0.3, 0.4) is 0 Å². The van der Waals surface area contributed by atoms with Gasteiger partial charge in [-0.1, -0.05) is 31.3 Å². The van der Waals surface area contributed by atoms with Crippen LogP contribution in [0.2, 0.25) is 0 Å². The van der Waals surface area contributed by atoms with Crippen molar-refractivity contribution in [2.45, 2.75) is 19.8 Å². The first-order valence-corrected chi connectivity index (χ1v) is 8.64. The standard InChI is InChI=1S/C14H12BrN7S/c1-7(2)10-9(15)11(18-17-10)13-21-22-12(19-20-14(22)23-13)8-5-3-4-6-16-8/h3-7H,1-2H3,(H,17,18). The van der Waals surface area contributed by atoms with Crippen molar-refractivity contribution in [1.29, 1.82) is 0 Å². The molecule has 0 aliphatic rings. The SMILES string of the molecule is CC(C)c1[nH]nc(-c2nn3c(-c4ccccn4)nnc3s2)c1Br. The molecule has 0 saturated heterocycles. The summed E-state index contributed by atoms with van der Waals surface area (Å²) < 4.78 is 2.65. The second kappa shape index (κ2) is 5.50. The zero-order valence-corrected chi connectivity index (χ0v) is 14.8. The third-order valence-corrected chi connectivity index (χ3v) is 5.11. The van der Waals surface area contributed by atoms with Crippen molar-refractivity contribution < 1.29 is 0 Å². The molecule has 0 amide bonds. The van der Waals surface area contributed by atoms with Gasteiger partial charge in [-0.05, 0) is 34.0 Å². The summed E-state index contributed by atoms with van der Waals surface area (Å²) in [6, 6.07) is 5.66. The molecule has 0 aliphatic heterocycles. The minimum Gasteiger partial charge on any atom is -0.280 e. The summed E-state index contributed by atoms with van der Waals surface area (Å²) in [7, 11) is 0. The maximum absolute atomic E-state index is 4.61. The fourth-order valence-electron chi connectivity index (χ4n) is 2.23. The molecule has 0 radical (unpaired) electrons. The topological polar surface area (TPSA) is 84.7 Å². The van der Waals surface area contributed by atoms with Crippen molar-refractivity contribution in [3.8, 4) is 22.2 Å². The zero-order chi connectivity index (χ0) is 16.0. The van der Waals surface area contributed by atoms with E-state index in [1.807, 2.05) is 18.2 Å². The van der Waals surface area contributed by atoms with Crippen LogP contribution in [-0.4, -0.2) is 35.0 Å². The molecular weight excluding hydrogens is 378 g/mol. The molecule has 4 aromatic rings. The van der Waals surface area contributed by atoms with Crippen molar-refractivity contribution in [3.63, 3.8) is 0 Å². The van der Waals surface area contributed by atoms with Crippen molar-refractivity contribution in [1.82, 2.24) is 35.0 Å². The molecule has 0 spiro atoms. The van der Waals surface area contributed by atoms with Crippen LogP contribution in [-0.2, 0) is 0 Å². The second-order valence-electron chi connectivity index (χ2n) is 5.29. The Labute approximate surface area is 143 Å². The predicted octanol–water partition coefficient (Wildman–Crippen LogP) is 3.52. The Kier molecular flexibility index (Phi) is 3.46. The number of rotatable bonds is 3. The van der Waals surface area contributed by atoms with E-state index < -0.39 is 0 Å². The molecule has 23 heavy (non-hydrogen) atoms. The first-order chi connectivity index (χ1) is 11.1. The number of nitrogens with zero attached hydrogens (tertiary/aromatic N) is 6. The molecule has 4 heterocycles. The van der Waals surface area contributed by atoms with Gasteiger partial charge in [-0.25, -0.2) is 0 Å². The van der Waals surface area contributed by atoms with E-state index in [1.165, 1.54) is 11.3 Å². The van der Waals surface area contributed by atoms with Gasteiger partial charge in [0.1, 0.15) is 11.4 Å². The van der Waals surface area contributed by atoms with Crippen LogP contribution in [0.4, 0.5) is 0 Å². The average Bonchev–Trinajstić information content (AvgIpc) is 3.21. The Morgan fingerprint density at radius 2 is 2.13 bits per heavy atom. The fraction of sp³-hybridized carbons (Fsp3) is 0.214. The molecule has 0 fully saturated rings. The summed E-state index contributed by atoms with van der Waals surface area (Å²) in [5.74, 6) is 0.972. The van der Waals surface area contributed by atoms with E-state index in [0.29, 0.717) is 16.7 Å². The Balaban J connectivity index is 1.83. The summed E-state index contributed by atoms with van der Waals surface area (Å²) in [5.41, 5.74) is 2.58. The highest BCUT2D eigenvalue weighted by Crippen LogP contribution is 2.35. The van der Waals surface area contributed by atoms with Crippen LogP contribution >= 0.6 is 27.3 Å². The van der Waals surface area contributed by atoms with Crippen LogP contribution < -0.4 is 0 Å². The number of halogens is 1. The zero-order valence-electron chi connectivity index (χ0n) is 12.4. The third kappa shape index (κ3) is 2.36. The molecule has 0 saturated carbocycles. The van der Waals surface area contributed by atoms with Gasteiger partial charge in [0, 0.05) is 6.20 Å². The van der Waals surface area contributed by atoms with Crippen LogP contribution in [0.5, 0.6) is 0 Å². The molecule has 0 atom stereocenters. The molecule has 0 unspecified atom stereocenters. The number of fused-ring (bicyclic) bond motifs is 1. The minimum absolute atomic E-state index is 0.348. The first-order valence-electron chi connectivity index (χ1n) is 7.03. The smallest absolute Gasteiger partial charge is 0.235 e. The first kappa shape index (κ1) is 14.5. The fourth-order valence-corrected chi connectivity index (χ4v) is 4.02. The van der Waals surface area contributed by atoms with Gasteiger partial charge in [0.15, 0.2) is 5.01 Å². The molecule has 4 rings (SSSR count). The number of pyridine rings is 1. The summed E-state index contributed by atoms with van der Waals surface area (Å²) in [6.45, 7) is 4.22. The predicted molar refractivity (Wildman–Crippen MR) is 91.3 cm³/mol. The van der Waals surface area contributed by atoms with Gasteiger partial charge in [-0.3, -0.25) is 10.1 Å². The molecule has 0 bridgehead atoms. The van der Waals surface area contributed by atoms with Gasteiger partial charge in [0.2, 0.25) is 10.8 Å². The highest BCUT2D eigenvalue weighted by molar-refractivity contribution is 9.10. The molecule has 0 aliphatic carbocycles. The minimum atomic E-state index is 0.348. The maximum atomic E-state index is 4.61. The number of hydrogen-bond donors (Lipinski definition) is 1. The lowest BCUT2D eigenvalue weighted by molar-refractivity contribution is 0.807. The normalized spacial score (nSPS) is 11.7. The highest BCUT2D eigenvalue weighted by atomic mass is 79.9. The largest absolute Gasteiger partial charge is 0.280 e. The lowest BCUT2D eigenvalue weighted by atomic mass is 10.1. The number of H-pyrrole nitrogens is 1. The van der Waals surface area contributed by atoms with E-state index >= 15 is 0 Å². The van der Waals surface area contributed by atoms with Gasteiger partial charge < -0.3 is 0 Å². The van der Waals surface area contributed by atoms with E-state index in [1.54, 1.807) is 10.7 Å². The van der Waals surface area contributed by atoms with Crippen molar-refractivity contribution in [2.75, 3.05) is 0 Å². The van der Waals surface area contributed by atoms with E-state index in [0.717, 1.165) is 26.6 Å². The van der Waals surface area contributed by atoms with Gasteiger partial charge in [-0.15, -0.1) is 10.2 Å². The quantitative estimate of drug-likeness (QED) is 0.579. The van der Waals surface area contributed by atoms with Crippen molar-refractivity contribution in [2.24, 2.45) is 0 Å². The van der Waals surface area contributed by atoms with Crippen molar-refractivity contribution in [3.05, 3.63) is 34.6 Å². The summed E-state index contributed by atoms with van der Waals surface area (Å²) in [5, 5.41) is 21.2. The molecule has 1 N–H and O–H groups in total. The van der Waals surface area contributed by atoms with Gasteiger partial charge in [-0.2, -0.15) is 14.7 Å². The van der Waals surface area contributed by atoms with Crippen LogP contribution in [0, 0.1) is 0 Å². The summed E-state index contributed by atoms with van der Waals surface area (Å²) in [6.07, 6.45) is 1.73. The summed E-state index contributed by atoms with van der Waals surface area (Å²) >= 11 is 5.06. The second-order valence-corrected chi connectivity index (χ2v) is 7.04. The van der Waals surface area contributed by atoms with E-state index in [-0.39, 0.29) is 0 Å². The number of hydrogen-bond acceptors (Lipinski definition) is 6. The lowest BCUT2D eigenvalue weighted by Gasteiger charge is -2.00. The van der Waals surface area contributed by atoms with Crippen molar-refractivity contribution >= 4 is 32.2 Å². The third-order valence-electron chi connectivity index (χ3n) is 3.40. The van der Waals surface area contributed by atoms with Gasteiger partial charge in [0.05, 0.1) is 10.2 Å². The Bertz CT molecular complexity index is 970. The molecule has 116 valence electrons. The molecule has 4 aromatic heterocycles. The number of nitrogens with one attached hydrogen (secondary N) is 1. The van der Waals surface area contributed by atoms with E-state index in [4.69, 9.17) is 0 Å². The van der Waals surface area contributed by atoms with E-state index in [2.05, 4.69) is 60.3 Å². The maximum Gasteiger partial charge on any atom is 0.235 e. The number of aromatic amines is 1. The average molecular weight is 390 g/mol. The number of aromatic nitrogens is 7.